The molecule has 0 fully saturated rings. The van der Waals surface area contributed by atoms with Crippen molar-refractivity contribution in [3.63, 3.8) is 0 Å². The molecule has 0 aliphatic carbocycles. The number of carbonyl (C=O) groups is 2. The van der Waals surface area contributed by atoms with E-state index < -0.39 is 0 Å². The lowest BCUT2D eigenvalue weighted by atomic mass is 10.1. The van der Waals surface area contributed by atoms with Gasteiger partial charge in [-0.1, -0.05) is 37.0 Å². The molecule has 0 aliphatic rings. The van der Waals surface area contributed by atoms with Gasteiger partial charge in [0.15, 0.2) is 0 Å². The lowest BCUT2D eigenvalue weighted by Gasteiger charge is -2.22. The van der Waals surface area contributed by atoms with Crippen molar-refractivity contribution in [1.29, 1.82) is 0 Å². The molecule has 0 radical (unpaired) electrons. The molecule has 0 heterocycles. The Morgan fingerprint density at radius 2 is 1.95 bits per heavy atom. The van der Waals surface area contributed by atoms with Crippen LogP contribution in [0, 0.1) is 5.92 Å². The molecule has 6 heteroatoms. The quantitative estimate of drug-likeness (QED) is 0.867. The molecule has 0 aromatic heterocycles. The van der Waals surface area contributed by atoms with Gasteiger partial charge in [0.25, 0.3) is 0 Å². The van der Waals surface area contributed by atoms with E-state index in [9.17, 15) is 9.59 Å². The van der Waals surface area contributed by atoms with E-state index in [2.05, 4.69) is 19.2 Å². The zero-order valence-corrected chi connectivity index (χ0v) is 14.0. The lowest BCUT2D eigenvalue weighted by Crippen LogP contribution is -2.40. The molecule has 0 spiro atoms. The number of hydrogen-bond donors (Lipinski definition) is 1. The molecule has 0 aliphatic heterocycles. The van der Waals surface area contributed by atoms with Gasteiger partial charge in [0.05, 0.1) is 10.7 Å². The fraction of sp³-hybridized carbons (Fsp3) is 0.467. The van der Waals surface area contributed by atoms with Crippen LogP contribution in [0.5, 0.6) is 0 Å². The minimum Gasteiger partial charge on any atom is -0.355 e. The molecule has 0 atom stereocenters. The first-order valence-corrected chi connectivity index (χ1v) is 7.56. The number of nitrogens with zero attached hydrogens (tertiary/aromatic N) is 1. The van der Waals surface area contributed by atoms with E-state index in [1.807, 2.05) is 0 Å². The molecular formula is C15H20Cl2N2O2. The third kappa shape index (κ3) is 5.94. The average Bonchev–Trinajstić information content (AvgIpc) is 2.36. The Labute approximate surface area is 135 Å². The SMILES string of the molecule is CC(=O)N(CC(=O)NCCC(C)C)c1ccc(Cl)cc1Cl. The molecule has 116 valence electrons. The normalized spacial score (nSPS) is 10.6. The highest BCUT2D eigenvalue weighted by atomic mass is 35.5. The second kappa shape index (κ2) is 8.25. The summed E-state index contributed by atoms with van der Waals surface area (Å²) in [5, 5.41) is 3.62. The maximum atomic E-state index is 11.9. The summed E-state index contributed by atoms with van der Waals surface area (Å²) in [6, 6.07) is 4.81. The lowest BCUT2D eigenvalue weighted by molar-refractivity contribution is -0.123. The highest BCUT2D eigenvalue weighted by molar-refractivity contribution is 6.36. The third-order valence-electron chi connectivity index (χ3n) is 2.93. The highest BCUT2D eigenvalue weighted by Crippen LogP contribution is 2.28. The van der Waals surface area contributed by atoms with Gasteiger partial charge in [0.1, 0.15) is 6.54 Å². The van der Waals surface area contributed by atoms with Crippen LogP contribution < -0.4 is 10.2 Å². The minimum absolute atomic E-state index is 0.0607. The van der Waals surface area contributed by atoms with Crippen molar-refractivity contribution in [3.8, 4) is 0 Å². The van der Waals surface area contributed by atoms with Crippen LogP contribution in [-0.2, 0) is 9.59 Å². The number of amides is 2. The van der Waals surface area contributed by atoms with E-state index in [0.29, 0.717) is 28.2 Å². The first kappa shape index (κ1) is 17.8. The average molecular weight is 331 g/mol. The van der Waals surface area contributed by atoms with E-state index in [-0.39, 0.29) is 18.4 Å². The second-order valence-electron chi connectivity index (χ2n) is 5.23. The predicted molar refractivity (Wildman–Crippen MR) is 87.0 cm³/mol. The number of hydrogen-bond acceptors (Lipinski definition) is 2. The van der Waals surface area contributed by atoms with Crippen molar-refractivity contribution in [3.05, 3.63) is 28.2 Å². The number of nitrogens with one attached hydrogen (secondary N) is 1. The van der Waals surface area contributed by atoms with E-state index >= 15 is 0 Å². The number of rotatable bonds is 6. The fourth-order valence-electron chi connectivity index (χ4n) is 1.77. The van der Waals surface area contributed by atoms with Crippen LogP contribution >= 0.6 is 23.2 Å². The maximum absolute atomic E-state index is 11.9. The number of halogens is 2. The van der Waals surface area contributed by atoms with Crippen LogP contribution in [0.3, 0.4) is 0 Å². The first-order valence-electron chi connectivity index (χ1n) is 6.81. The Hall–Kier alpha value is -1.26. The molecule has 21 heavy (non-hydrogen) atoms. The van der Waals surface area contributed by atoms with Gasteiger partial charge in [-0.2, -0.15) is 0 Å². The van der Waals surface area contributed by atoms with Crippen molar-refractivity contribution in [2.24, 2.45) is 5.92 Å². The monoisotopic (exact) mass is 330 g/mol. The van der Waals surface area contributed by atoms with Gasteiger partial charge in [-0.05, 0) is 30.5 Å². The zero-order chi connectivity index (χ0) is 16.0. The van der Waals surface area contributed by atoms with Crippen LogP contribution in [0.15, 0.2) is 18.2 Å². The summed E-state index contributed by atoms with van der Waals surface area (Å²) in [6.45, 7) is 6.10. The molecule has 0 unspecified atom stereocenters. The summed E-state index contributed by atoms with van der Waals surface area (Å²) in [4.78, 5) is 25.0. The topological polar surface area (TPSA) is 49.4 Å². The summed E-state index contributed by atoms with van der Waals surface area (Å²) in [5.41, 5.74) is 0.479. The summed E-state index contributed by atoms with van der Waals surface area (Å²) in [7, 11) is 0. The minimum atomic E-state index is -0.252. The Morgan fingerprint density at radius 1 is 1.29 bits per heavy atom. The van der Waals surface area contributed by atoms with Gasteiger partial charge in [0, 0.05) is 18.5 Å². The molecule has 4 nitrogen and oxygen atoms in total. The zero-order valence-electron chi connectivity index (χ0n) is 12.5. The van der Waals surface area contributed by atoms with E-state index in [1.165, 1.54) is 11.8 Å². The van der Waals surface area contributed by atoms with Gasteiger partial charge in [-0.15, -0.1) is 0 Å². The van der Waals surface area contributed by atoms with Gasteiger partial charge in [-0.3, -0.25) is 9.59 Å². The van der Waals surface area contributed by atoms with Crippen molar-refractivity contribution >= 4 is 40.7 Å². The standard InChI is InChI=1S/C15H20Cl2N2O2/c1-10(2)6-7-18-15(21)9-19(11(3)20)14-5-4-12(16)8-13(14)17/h4-5,8,10H,6-7,9H2,1-3H3,(H,18,21). The molecule has 1 N–H and O–H groups in total. The smallest absolute Gasteiger partial charge is 0.240 e. The van der Waals surface area contributed by atoms with Crippen molar-refractivity contribution in [2.45, 2.75) is 27.2 Å². The predicted octanol–water partition coefficient (Wildman–Crippen LogP) is 3.51. The van der Waals surface area contributed by atoms with Crippen LogP contribution in [0.4, 0.5) is 5.69 Å². The molecule has 1 rings (SSSR count). The molecule has 2 amide bonds. The molecule has 0 saturated carbocycles. The number of benzene rings is 1. The van der Waals surface area contributed by atoms with Crippen LogP contribution in [0.1, 0.15) is 27.2 Å². The van der Waals surface area contributed by atoms with Crippen molar-refractivity contribution in [1.82, 2.24) is 5.32 Å². The van der Waals surface area contributed by atoms with Crippen LogP contribution in [0.25, 0.3) is 0 Å². The van der Waals surface area contributed by atoms with Crippen LogP contribution in [-0.4, -0.2) is 24.9 Å². The highest BCUT2D eigenvalue weighted by Gasteiger charge is 2.18. The first-order chi connectivity index (χ1) is 9.81. The number of carbonyl (C=O) groups excluding carboxylic acids is 2. The van der Waals surface area contributed by atoms with Crippen molar-refractivity contribution < 1.29 is 9.59 Å². The summed E-state index contributed by atoms with van der Waals surface area (Å²) in [5.74, 6) is 0.0509. The summed E-state index contributed by atoms with van der Waals surface area (Å²) >= 11 is 11.9. The summed E-state index contributed by atoms with van der Waals surface area (Å²) in [6.07, 6.45) is 0.896. The largest absolute Gasteiger partial charge is 0.355 e. The Bertz CT molecular complexity index is 518. The van der Waals surface area contributed by atoms with Gasteiger partial charge in [0.2, 0.25) is 11.8 Å². The third-order valence-corrected chi connectivity index (χ3v) is 3.46. The van der Waals surface area contributed by atoms with E-state index in [1.54, 1.807) is 18.2 Å². The Kier molecular flexibility index (Phi) is 6.99. The molecule has 1 aromatic carbocycles. The molecule has 0 bridgehead atoms. The number of anilines is 1. The van der Waals surface area contributed by atoms with Crippen LogP contribution in [0.2, 0.25) is 10.0 Å². The Morgan fingerprint density at radius 3 is 2.48 bits per heavy atom. The summed E-state index contributed by atoms with van der Waals surface area (Å²) < 4.78 is 0. The second-order valence-corrected chi connectivity index (χ2v) is 6.08. The van der Waals surface area contributed by atoms with Gasteiger partial charge in [-0.25, -0.2) is 0 Å². The van der Waals surface area contributed by atoms with Crippen molar-refractivity contribution in [2.75, 3.05) is 18.0 Å². The van der Waals surface area contributed by atoms with E-state index in [4.69, 9.17) is 23.2 Å². The van der Waals surface area contributed by atoms with Gasteiger partial charge >= 0.3 is 0 Å². The Balaban J connectivity index is 2.74. The van der Waals surface area contributed by atoms with E-state index in [0.717, 1.165) is 6.42 Å². The molecular weight excluding hydrogens is 311 g/mol. The molecule has 1 aromatic rings. The van der Waals surface area contributed by atoms with Gasteiger partial charge < -0.3 is 10.2 Å². The maximum Gasteiger partial charge on any atom is 0.240 e. The fourth-order valence-corrected chi connectivity index (χ4v) is 2.28. The molecule has 0 saturated heterocycles.